The van der Waals surface area contributed by atoms with Crippen LogP contribution >= 0.6 is 0 Å². The summed E-state index contributed by atoms with van der Waals surface area (Å²) in [5.41, 5.74) is 2.04. The number of aliphatic hydroxyl groups excluding tert-OH is 1. The number of aromatic hydroxyl groups is 1. The number of carbonyl (C=O) groups excluding carboxylic acids is 2. The van der Waals surface area contributed by atoms with E-state index in [-0.39, 0.29) is 28.8 Å². The fourth-order valence-electron chi connectivity index (χ4n) is 3.86. The first kappa shape index (κ1) is 21.7. The van der Waals surface area contributed by atoms with Crippen LogP contribution in [0.25, 0.3) is 0 Å². The van der Waals surface area contributed by atoms with Crippen LogP contribution in [0.5, 0.6) is 5.75 Å². The number of aliphatic hydroxyl groups is 1. The highest BCUT2D eigenvalue weighted by Gasteiger charge is 2.39. The Hall–Kier alpha value is -2.56. The molecule has 0 aromatic heterocycles. The molecule has 1 heterocycles. The summed E-state index contributed by atoms with van der Waals surface area (Å²) < 4.78 is 0. The Kier molecular flexibility index (Phi) is 7.44. The van der Waals surface area contributed by atoms with Crippen molar-refractivity contribution in [2.45, 2.75) is 59.4 Å². The lowest BCUT2D eigenvalue weighted by Gasteiger charge is -2.18. The summed E-state index contributed by atoms with van der Waals surface area (Å²) in [6.45, 7) is 8.17. The molecule has 1 amide bonds. The lowest BCUT2D eigenvalue weighted by atomic mass is 9.88. The molecule has 3 atom stereocenters. The third-order valence-corrected chi connectivity index (χ3v) is 5.17. The van der Waals surface area contributed by atoms with Gasteiger partial charge in [-0.15, -0.1) is 0 Å². The van der Waals surface area contributed by atoms with Crippen LogP contribution in [0.4, 0.5) is 0 Å². The molecule has 0 saturated carbocycles. The summed E-state index contributed by atoms with van der Waals surface area (Å²) >= 11 is 0. The molecule has 0 spiro atoms. The topological polar surface area (TPSA) is 86.6 Å². The van der Waals surface area contributed by atoms with Crippen LogP contribution in [0.3, 0.4) is 0 Å². The van der Waals surface area contributed by atoms with Crippen LogP contribution < -0.4 is 5.32 Å². The van der Waals surface area contributed by atoms with Crippen LogP contribution in [0, 0.1) is 11.8 Å². The maximum absolute atomic E-state index is 12.7. The van der Waals surface area contributed by atoms with Gasteiger partial charge in [0.2, 0.25) is 0 Å². The summed E-state index contributed by atoms with van der Waals surface area (Å²) in [5.74, 6) is -0.755. The Balaban J connectivity index is 2.07. The van der Waals surface area contributed by atoms with Crippen molar-refractivity contribution in [3.05, 3.63) is 52.8 Å². The Morgan fingerprint density at radius 1 is 1.21 bits per heavy atom. The van der Waals surface area contributed by atoms with E-state index in [2.05, 4.69) is 32.2 Å². The van der Waals surface area contributed by atoms with Crippen molar-refractivity contribution < 1.29 is 19.8 Å². The molecule has 1 aliphatic heterocycles. The summed E-state index contributed by atoms with van der Waals surface area (Å²) in [5, 5.41) is 22.7. The van der Waals surface area contributed by atoms with Gasteiger partial charge in [-0.25, -0.2) is 0 Å². The van der Waals surface area contributed by atoms with E-state index in [4.69, 9.17) is 0 Å². The zero-order valence-corrected chi connectivity index (χ0v) is 17.2. The maximum Gasteiger partial charge on any atom is 0.259 e. The summed E-state index contributed by atoms with van der Waals surface area (Å²) in [6, 6.07) is 5.83. The number of Topliss-reactive ketones (excluding diaryl/α,β-unsaturated/α-hetero) is 1. The standard InChI is InChI=1S/C23H31NO4/c1-5-6-14(2)11-15(3)12-16(4)21(26)20-22(27)19(24-23(20)28)13-17-7-9-18(25)10-8-17/h6-10,15-16,19,25-26H,5,11-13H2,1-4H3,(H,24,28)/b14-6+,21-20+/t15-,16-,19-/m0/s1. The molecular formula is C23H31NO4. The van der Waals surface area contributed by atoms with Crippen LogP contribution in [0.2, 0.25) is 0 Å². The van der Waals surface area contributed by atoms with Crippen LogP contribution in [0.1, 0.15) is 52.5 Å². The minimum Gasteiger partial charge on any atom is -0.511 e. The molecule has 1 aliphatic rings. The highest BCUT2D eigenvalue weighted by Crippen LogP contribution is 2.27. The van der Waals surface area contributed by atoms with Crippen molar-refractivity contribution in [3.63, 3.8) is 0 Å². The summed E-state index contributed by atoms with van der Waals surface area (Å²) in [7, 11) is 0. The fourth-order valence-corrected chi connectivity index (χ4v) is 3.86. The SMILES string of the molecule is CC/C=C(\C)C[C@H](C)C[C@H](C)/C(O)=C1\C(=O)N[C@@H](Cc2ccc(O)cc2)C1=O. The smallest absolute Gasteiger partial charge is 0.259 e. The average Bonchev–Trinajstić information content (AvgIpc) is 2.89. The van der Waals surface area contributed by atoms with E-state index in [1.807, 2.05) is 6.92 Å². The van der Waals surface area contributed by atoms with Crippen molar-refractivity contribution >= 4 is 11.7 Å². The third-order valence-electron chi connectivity index (χ3n) is 5.17. The highest BCUT2D eigenvalue weighted by atomic mass is 16.3. The molecule has 28 heavy (non-hydrogen) atoms. The van der Waals surface area contributed by atoms with Crippen LogP contribution in [-0.4, -0.2) is 27.9 Å². The minimum atomic E-state index is -0.687. The molecule has 0 bridgehead atoms. The first-order valence-corrected chi connectivity index (χ1v) is 9.94. The molecule has 3 N–H and O–H groups in total. The van der Waals surface area contributed by atoms with Gasteiger partial charge in [-0.05, 0) is 49.8 Å². The van der Waals surface area contributed by atoms with E-state index in [1.54, 1.807) is 24.3 Å². The van der Waals surface area contributed by atoms with Gasteiger partial charge in [0.15, 0.2) is 5.78 Å². The zero-order valence-electron chi connectivity index (χ0n) is 17.2. The van der Waals surface area contributed by atoms with Gasteiger partial charge < -0.3 is 15.5 Å². The predicted molar refractivity (Wildman–Crippen MR) is 110 cm³/mol. The molecule has 2 rings (SSSR count). The summed E-state index contributed by atoms with van der Waals surface area (Å²) in [4.78, 5) is 25.1. The zero-order chi connectivity index (χ0) is 20.8. The van der Waals surface area contributed by atoms with Gasteiger partial charge in [0.1, 0.15) is 17.1 Å². The lowest BCUT2D eigenvalue weighted by Crippen LogP contribution is -2.31. The number of phenolic OH excluding ortho intramolecular Hbond substituents is 1. The van der Waals surface area contributed by atoms with Gasteiger partial charge in [-0.3, -0.25) is 9.59 Å². The average molecular weight is 386 g/mol. The summed E-state index contributed by atoms with van der Waals surface area (Å²) in [6.07, 6.45) is 5.16. The molecule has 0 unspecified atom stereocenters. The number of nitrogens with one attached hydrogen (secondary N) is 1. The first-order chi connectivity index (χ1) is 13.2. The molecular weight excluding hydrogens is 354 g/mol. The molecule has 5 heteroatoms. The number of allylic oxidation sites excluding steroid dienone is 3. The Morgan fingerprint density at radius 3 is 2.46 bits per heavy atom. The fraction of sp³-hybridized carbons (Fsp3) is 0.478. The first-order valence-electron chi connectivity index (χ1n) is 9.94. The number of rotatable bonds is 8. The molecule has 1 saturated heterocycles. The van der Waals surface area contributed by atoms with Gasteiger partial charge >= 0.3 is 0 Å². The van der Waals surface area contributed by atoms with E-state index in [1.165, 1.54) is 5.57 Å². The van der Waals surface area contributed by atoms with Crippen molar-refractivity contribution in [3.8, 4) is 5.75 Å². The molecule has 152 valence electrons. The molecule has 1 aromatic rings. The van der Waals surface area contributed by atoms with E-state index >= 15 is 0 Å². The molecule has 0 aliphatic carbocycles. The highest BCUT2D eigenvalue weighted by molar-refractivity contribution is 6.26. The maximum atomic E-state index is 12.7. The van der Waals surface area contributed by atoms with Crippen LogP contribution in [0.15, 0.2) is 47.2 Å². The van der Waals surface area contributed by atoms with Gasteiger partial charge in [0.25, 0.3) is 5.91 Å². The van der Waals surface area contributed by atoms with E-state index in [9.17, 15) is 19.8 Å². The van der Waals surface area contributed by atoms with Crippen molar-refractivity contribution in [2.24, 2.45) is 11.8 Å². The van der Waals surface area contributed by atoms with Gasteiger partial charge in [0, 0.05) is 12.3 Å². The van der Waals surface area contributed by atoms with Crippen LogP contribution in [-0.2, 0) is 16.0 Å². The third kappa shape index (κ3) is 5.47. The largest absolute Gasteiger partial charge is 0.511 e. The molecule has 1 aromatic carbocycles. The normalized spacial score (nSPS) is 21.4. The molecule has 0 radical (unpaired) electrons. The number of benzene rings is 1. The quantitative estimate of drug-likeness (QED) is 0.271. The van der Waals surface area contributed by atoms with E-state index < -0.39 is 11.9 Å². The van der Waals surface area contributed by atoms with Crippen molar-refractivity contribution in [1.29, 1.82) is 0 Å². The second-order valence-corrected chi connectivity index (χ2v) is 7.93. The lowest BCUT2D eigenvalue weighted by molar-refractivity contribution is -0.117. The number of hydrogen-bond acceptors (Lipinski definition) is 4. The number of ketones is 1. The second kappa shape index (κ2) is 9.58. The van der Waals surface area contributed by atoms with E-state index in [0.29, 0.717) is 18.8 Å². The monoisotopic (exact) mass is 385 g/mol. The van der Waals surface area contributed by atoms with Gasteiger partial charge in [-0.2, -0.15) is 0 Å². The second-order valence-electron chi connectivity index (χ2n) is 7.93. The van der Waals surface area contributed by atoms with Gasteiger partial charge in [0.05, 0.1) is 6.04 Å². The number of carbonyl (C=O) groups is 2. The van der Waals surface area contributed by atoms with Crippen molar-refractivity contribution in [2.75, 3.05) is 0 Å². The number of hydrogen-bond donors (Lipinski definition) is 3. The Labute approximate surface area is 167 Å². The van der Waals surface area contributed by atoms with E-state index in [0.717, 1.165) is 18.4 Å². The minimum absolute atomic E-state index is 0.107. The molecule has 5 nitrogen and oxygen atoms in total. The Morgan fingerprint density at radius 2 is 1.86 bits per heavy atom. The number of phenols is 1. The molecule has 1 fully saturated rings. The van der Waals surface area contributed by atoms with Crippen molar-refractivity contribution in [1.82, 2.24) is 5.32 Å². The predicted octanol–water partition coefficient (Wildman–Crippen LogP) is 4.22. The number of amides is 1. The Bertz CT molecular complexity index is 776. The van der Waals surface area contributed by atoms with Gasteiger partial charge in [-0.1, -0.05) is 44.6 Å².